The Morgan fingerprint density at radius 1 is 1.16 bits per heavy atom. The number of aromatic nitrogens is 1. The minimum absolute atomic E-state index is 0.167. The lowest BCUT2D eigenvalue weighted by Gasteiger charge is -2.03. The summed E-state index contributed by atoms with van der Waals surface area (Å²) in [7, 11) is 0. The molecule has 0 bridgehead atoms. The number of thioether (sulfide) groups is 1. The van der Waals surface area contributed by atoms with Crippen LogP contribution in [0.1, 0.15) is 10.4 Å². The molecule has 2 aromatic carbocycles. The van der Waals surface area contributed by atoms with E-state index in [4.69, 9.17) is 9.47 Å². The first-order chi connectivity index (χ1) is 12.2. The fourth-order valence-electron chi connectivity index (χ4n) is 2.43. The highest BCUT2D eigenvalue weighted by Crippen LogP contribution is 2.36. The number of carbonyl (C=O) groups excluding carboxylic acids is 1. The van der Waals surface area contributed by atoms with Crippen LogP contribution in [0.15, 0.2) is 52.7 Å². The van der Waals surface area contributed by atoms with Crippen LogP contribution in [0.2, 0.25) is 0 Å². The van der Waals surface area contributed by atoms with Gasteiger partial charge in [0.25, 0.3) is 5.91 Å². The lowest BCUT2D eigenvalue weighted by Crippen LogP contribution is -2.11. The molecule has 5 nitrogen and oxygen atoms in total. The number of hydrogen-bond donors (Lipinski definition) is 1. The number of rotatable bonds is 4. The van der Waals surface area contributed by atoms with Crippen molar-refractivity contribution in [3.8, 4) is 22.8 Å². The molecule has 3 aromatic rings. The van der Waals surface area contributed by atoms with Gasteiger partial charge in [-0.05, 0) is 48.7 Å². The lowest BCUT2D eigenvalue weighted by molar-refractivity contribution is 0.102. The van der Waals surface area contributed by atoms with Gasteiger partial charge in [0.15, 0.2) is 16.6 Å². The van der Waals surface area contributed by atoms with Gasteiger partial charge in [-0.15, -0.1) is 23.1 Å². The number of benzene rings is 2. The van der Waals surface area contributed by atoms with Gasteiger partial charge in [-0.1, -0.05) is 0 Å². The first-order valence-electron chi connectivity index (χ1n) is 7.54. The molecule has 1 aliphatic rings. The van der Waals surface area contributed by atoms with Crippen LogP contribution in [0.3, 0.4) is 0 Å². The molecule has 0 saturated carbocycles. The Labute approximate surface area is 153 Å². The summed E-state index contributed by atoms with van der Waals surface area (Å²) in [5.41, 5.74) is 2.32. The summed E-state index contributed by atoms with van der Waals surface area (Å²) >= 11 is 3.03. The van der Waals surface area contributed by atoms with Crippen molar-refractivity contribution >= 4 is 34.1 Å². The number of hydrogen-bond acceptors (Lipinski definition) is 6. The number of ether oxygens (including phenoxy) is 2. The maximum atomic E-state index is 12.3. The Hall–Kier alpha value is -2.51. The minimum atomic E-state index is -0.167. The second-order valence-electron chi connectivity index (χ2n) is 5.29. The summed E-state index contributed by atoms with van der Waals surface area (Å²) in [6.07, 6.45) is 2.00. The summed E-state index contributed by atoms with van der Waals surface area (Å²) in [5, 5.41) is 5.31. The maximum Gasteiger partial charge on any atom is 0.257 e. The van der Waals surface area contributed by atoms with Gasteiger partial charge in [-0.25, -0.2) is 4.98 Å². The van der Waals surface area contributed by atoms with Crippen molar-refractivity contribution in [2.24, 2.45) is 0 Å². The number of anilines is 1. The quantitative estimate of drug-likeness (QED) is 0.685. The molecule has 1 amide bonds. The SMILES string of the molecule is CSc1ccc(C(=O)Nc2nc(-c3ccc4c(c3)OCO4)cs2)cc1. The summed E-state index contributed by atoms with van der Waals surface area (Å²) < 4.78 is 10.7. The lowest BCUT2D eigenvalue weighted by atomic mass is 10.1. The molecule has 0 atom stereocenters. The Morgan fingerprint density at radius 2 is 1.96 bits per heavy atom. The number of nitrogens with zero attached hydrogens (tertiary/aromatic N) is 1. The van der Waals surface area contributed by atoms with Gasteiger partial charge in [0.2, 0.25) is 6.79 Å². The highest BCUT2D eigenvalue weighted by Gasteiger charge is 2.15. The molecule has 0 unspecified atom stereocenters. The van der Waals surface area contributed by atoms with Gasteiger partial charge in [0, 0.05) is 21.4 Å². The molecule has 0 saturated heterocycles. The van der Waals surface area contributed by atoms with Crippen LogP contribution in [0.4, 0.5) is 5.13 Å². The zero-order valence-electron chi connectivity index (χ0n) is 13.3. The van der Waals surface area contributed by atoms with Gasteiger partial charge >= 0.3 is 0 Å². The standard InChI is InChI=1S/C18H14N2O3S2/c1-24-13-5-2-11(3-6-13)17(21)20-18-19-14(9-25-18)12-4-7-15-16(8-12)23-10-22-15/h2-9H,10H2,1H3,(H,19,20,21). The first-order valence-corrected chi connectivity index (χ1v) is 9.64. The number of thiazole rings is 1. The Balaban J connectivity index is 1.50. The molecule has 0 spiro atoms. The summed E-state index contributed by atoms with van der Waals surface area (Å²) in [6.45, 7) is 0.243. The van der Waals surface area contributed by atoms with Gasteiger partial charge < -0.3 is 9.47 Å². The van der Waals surface area contributed by atoms with E-state index in [2.05, 4.69) is 10.3 Å². The first kappa shape index (κ1) is 16.0. The Bertz CT molecular complexity index is 922. The van der Waals surface area contributed by atoms with Crippen LogP contribution in [-0.2, 0) is 0 Å². The predicted octanol–water partition coefficient (Wildman–Crippen LogP) is 4.51. The van der Waals surface area contributed by atoms with Crippen molar-refractivity contribution < 1.29 is 14.3 Å². The Kier molecular flexibility index (Phi) is 4.33. The van der Waals surface area contributed by atoms with Crippen LogP contribution in [0, 0.1) is 0 Å². The van der Waals surface area contributed by atoms with Crippen LogP contribution in [0.25, 0.3) is 11.3 Å². The molecule has 0 aliphatic carbocycles. The summed E-state index contributed by atoms with van der Waals surface area (Å²) in [6, 6.07) is 13.2. The molecule has 4 rings (SSSR count). The largest absolute Gasteiger partial charge is 0.454 e. The highest BCUT2D eigenvalue weighted by atomic mass is 32.2. The van der Waals surface area contributed by atoms with Crippen molar-refractivity contribution in [2.45, 2.75) is 4.90 Å². The smallest absolute Gasteiger partial charge is 0.257 e. The number of amides is 1. The highest BCUT2D eigenvalue weighted by molar-refractivity contribution is 7.98. The van der Waals surface area contributed by atoms with E-state index in [9.17, 15) is 4.79 Å². The molecule has 1 aromatic heterocycles. The second-order valence-corrected chi connectivity index (χ2v) is 7.03. The number of carbonyl (C=O) groups is 1. The fraction of sp³-hybridized carbons (Fsp3) is 0.111. The third kappa shape index (κ3) is 3.33. The van der Waals surface area contributed by atoms with E-state index >= 15 is 0 Å². The van der Waals surface area contributed by atoms with E-state index in [1.54, 1.807) is 11.8 Å². The maximum absolute atomic E-state index is 12.3. The number of nitrogens with one attached hydrogen (secondary N) is 1. The van der Waals surface area contributed by atoms with Gasteiger partial charge in [0.05, 0.1) is 5.69 Å². The van der Waals surface area contributed by atoms with Crippen molar-refractivity contribution in [1.29, 1.82) is 0 Å². The molecular weight excluding hydrogens is 356 g/mol. The predicted molar refractivity (Wildman–Crippen MR) is 99.8 cm³/mol. The molecule has 2 heterocycles. The van der Waals surface area contributed by atoms with Crippen LogP contribution < -0.4 is 14.8 Å². The topological polar surface area (TPSA) is 60.5 Å². The van der Waals surface area contributed by atoms with E-state index in [-0.39, 0.29) is 12.7 Å². The fourth-order valence-corrected chi connectivity index (χ4v) is 3.55. The zero-order chi connectivity index (χ0) is 17.2. The van der Waals surface area contributed by atoms with E-state index in [1.807, 2.05) is 54.1 Å². The van der Waals surface area contributed by atoms with E-state index in [1.165, 1.54) is 11.3 Å². The molecular formula is C18H14N2O3S2. The Morgan fingerprint density at radius 3 is 2.76 bits per heavy atom. The number of fused-ring (bicyclic) bond motifs is 1. The van der Waals surface area contributed by atoms with Crippen LogP contribution in [0.5, 0.6) is 11.5 Å². The normalized spacial score (nSPS) is 12.2. The van der Waals surface area contributed by atoms with Crippen molar-refractivity contribution in [1.82, 2.24) is 4.98 Å². The summed E-state index contributed by atoms with van der Waals surface area (Å²) in [5.74, 6) is 1.28. The minimum Gasteiger partial charge on any atom is -0.454 e. The van der Waals surface area contributed by atoms with Crippen LogP contribution >= 0.6 is 23.1 Å². The molecule has 126 valence electrons. The molecule has 7 heteroatoms. The van der Waals surface area contributed by atoms with Crippen molar-refractivity contribution in [3.63, 3.8) is 0 Å². The molecule has 1 aliphatic heterocycles. The van der Waals surface area contributed by atoms with Crippen LogP contribution in [-0.4, -0.2) is 23.9 Å². The summed E-state index contributed by atoms with van der Waals surface area (Å²) in [4.78, 5) is 17.9. The molecule has 0 radical (unpaired) electrons. The van der Waals surface area contributed by atoms with Gasteiger partial charge in [-0.2, -0.15) is 0 Å². The van der Waals surface area contributed by atoms with Gasteiger partial charge in [0.1, 0.15) is 0 Å². The monoisotopic (exact) mass is 370 g/mol. The zero-order valence-corrected chi connectivity index (χ0v) is 14.9. The van der Waals surface area contributed by atoms with Gasteiger partial charge in [-0.3, -0.25) is 10.1 Å². The van der Waals surface area contributed by atoms with E-state index < -0.39 is 0 Å². The molecule has 1 N–H and O–H groups in total. The third-order valence-electron chi connectivity index (χ3n) is 3.75. The average molecular weight is 370 g/mol. The van der Waals surface area contributed by atoms with E-state index in [0.717, 1.165) is 21.9 Å². The van der Waals surface area contributed by atoms with E-state index in [0.29, 0.717) is 16.4 Å². The average Bonchev–Trinajstić information content (AvgIpc) is 3.30. The van der Waals surface area contributed by atoms with Crippen molar-refractivity contribution in [3.05, 3.63) is 53.4 Å². The molecule has 0 fully saturated rings. The third-order valence-corrected chi connectivity index (χ3v) is 5.25. The second kappa shape index (κ2) is 6.78. The van der Waals surface area contributed by atoms with Crippen molar-refractivity contribution in [2.75, 3.05) is 18.4 Å². The molecule has 25 heavy (non-hydrogen) atoms.